The Hall–Kier alpha value is -4.36. The van der Waals surface area contributed by atoms with Crippen LogP contribution in [0.4, 0.5) is 0 Å². The van der Waals surface area contributed by atoms with Crippen molar-refractivity contribution in [2.45, 2.75) is 19.6 Å². The molecule has 192 valence electrons. The average Bonchev–Trinajstić information content (AvgIpc) is 3.62. The number of benzene rings is 3. The number of ether oxygens (including phenoxy) is 2. The Kier molecular flexibility index (Phi) is 8.16. The van der Waals surface area contributed by atoms with Gasteiger partial charge in [-0.05, 0) is 54.1 Å². The Morgan fingerprint density at radius 2 is 1.61 bits per heavy atom. The van der Waals surface area contributed by atoms with Crippen LogP contribution in [0.25, 0.3) is 10.6 Å². The molecule has 0 atom stereocenters. The first kappa shape index (κ1) is 25.3. The van der Waals surface area contributed by atoms with Crippen molar-refractivity contribution in [2.75, 3.05) is 13.7 Å². The van der Waals surface area contributed by atoms with Crippen molar-refractivity contribution < 1.29 is 14.3 Å². The van der Waals surface area contributed by atoms with E-state index in [4.69, 9.17) is 14.5 Å². The molecular weight excluding hydrogens is 494 g/mol. The molecule has 38 heavy (non-hydrogen) atoms. The summed E-state index contributed by atoms with van der Waals surface area (Å²) in [7, 11) is 1.66. The molecule has 2 heterocycles. The molecule has 0 aliphatic rings. The highest BCUT2D eigenvalue weighted by molar-refractivity contribution is 7.13. The second-order valence-electron chi connectivity index (χ2n) is 8.84. The molecule has 0 aliphatic carbocycles. The van der Waals surface area contributed by atoms with Gasteiger partial charge in [0.1, 0.15) is 16.5 Å². The van der Waals surface area contributed by atoms with Gasteiger partial charge in [0.25, 0.3) is 5.91 Å². The molecule has 5 aromatic rings. The Morgan fingerprint density at radius 1 is 0.868 bits per heavy atom. The topological polar surface area (TPSA) is 56.6 Å². The minimum Gasteiger partial charge on any atom is -0.497 e. The predicted octanol–water partition coefficient (Wildman–Crippen LogP) is 6.28. The van der Waals surface area contributed by atoms with Crippen molar-refractivity contribution in [3.63, 3.8) is 0 Å². The van der Waals surface area contributed by atoms with Gasteiger partial charge in [0.05, 0.1) is 25.9 Å². The highest BCUT2D eigenvalue weighted by Crippen LogP contribution is 2.26. The molecular formula is C31H29N3O3S. The number of hydrogen-bond acceptors (Lipinski definition) is 5. The van der Waals surface area contributed by atoms with Gasteiger partial charge in [-0.3, -0.25) is 4.79 Å². The highest BCUT2D eigenvalue weighted by atomic mass is 32.1. The molecule has 0 saturated heterocycles. The lowest BCUT2D eigenvalue weighted by molar-refractivity contribution is -0.134. The minimum absolute atomic E-state index is 0.0190. The number of thiazole rings is 1. The molecule has 7 heteroatoms. The number of rotatable bonds is 11. The van der Waals surface area contributed by atoms with Gasteiger partial charge in [0.2, 0.25) is 0 Å². The maximum atomic E-state index is 13.3. The van der Waals surface area contributed by atoms with E-state index in [2.05, 4.69) is 16.0 Å². The van der Waals surface area contributed by atoms with Gasteiger partial charge < -0.3 is 18.9 Å². The van der Waals surface area contributed by atoms with Crippen LogP contribution >= 0.6 is 11.3 Å². The normalized spacial score (nSPS) is 10.8. The summed E-state index contributed by atoms with van der Waals surface area (Å²) >= 11 is 1.62. The predicted molar refractivity (Wildman–Crippen MR) is 150 cm³/mol. The summed E-state index contributed by atoms with van der Waals surface area (Å²) in [6.07, 6.45) is 2.04. The van der Waals surface area contributed by atoms with E-state index in [1.165, 1.54) is 0 Å². The Labute approximate surface area is 226 Å². The summed E-state index contributed by atoms with van der Waals surface area (Å²) in [5, 5.41) is 3.06. The SMILES string of the molecule is COc1ccc(-c2nc(Cn3cccc3CN(Cc3ccccc3)C(=O)COc3ccccc3)cs2)cc1. The zero-order chi connectivity index (χ0) is 26.2. The van der Waals surface area contributed by atoms with Crippen LogP contribution in [0.2, 0.25) is 0 Å². The van der Waals surface area contributed by atoms with E-state index in [0.717, 1.165) is 33.3 Å². The van der Waals surface area contributed by atoms with Gasteiger partial charge in [0.15, 0.2) is 6.61 Å². The van der Waals surface area contributed by atoms with E-state index in [0.29, 0.717) is 25.4 Å². The Bertz CT molecular complexity index is 1450. The third-order valence-electron chi connectivity index (χ3n) is 6.17. The summed E-state index contributed by atoms with van der Waals surface area (Å²) in [5.41, 5.74) is 4.15. The van der Waals surface area contributed by atoms with Gasteiger partial charge in [-0.15, -0.1) is 11.3 Å². The Morgan fingerprint density at radius 3 is 2.34 bits per heavy atom. The molecule has 5 rings (SSSR count). The quantitative estimate of drug-likeness (QED) is 0.205. The van der Waals surface area contributed by atoms with Crippen LogP contribution in [0, 0.1) is 0 Å². The lowest BCUT2D eigenvalue weighted by Gasteiger charge is -2.24. The van der Waals surface area contributed by atoms with Crippen molar-refractivity contribution in [3.05, 3.63) is 126 Å². The highest BCUT2D eigenvalue weighted by Gasteiger charge is 2.18. The fourth-order valence-corrected chi connectivity index (χ4v) is 4.97. The fourth-order valence-electron chi connectivity index (χ4n) is 4.15. The van der Waals surface area contributed by atoms with Crippen LogP contribution in [0.5, 0.6) is 11.5 Å². The standard InChI is InChI=1S/C31H29N3O3S/c1-36-28-16-14-25(15-17-28)31-32-26(23-38-31)20-33-18-8-11-27(33)21-34(19-24-9-4-2-5-10-24)30(35)22-37-29-12-6-3-7-13-29/h2-18,23H,19-22H2,1H3. The molecule has 3 aromatic carbocycles. The van der Waals surface area contributed by atoms with Crippen molar-refractivity contribution in [3.8, 4) is 22.1 Å². The van der Waals surface area contributed by atoms with Gasteiger partial charge >= 0.3 is 0 Å². The summed E-state index contributed by atoms with van der Waals surface area (Å²) in [4.78, 5) is 20.0. The second kappa shape index (κ2) is 12.3. The van der Waals surface area contributed by atoms with E-state index in [1.54, 1.807) is 18.4 Å². The van der Waals surface area contributed by atoms with Crippen LogP contribution in [0.1, 0.15) is 17.0 Å². The number of carbonyl (C=O) groups excluding carboxylic acids is 1. The van der Waals surface area contributed by atoms with Crippen molar-refractivity contribution in [1.29, 1.82) is 0 Å². The molecule has 0 unspecified atom stereocenters. The van der Waals surface area contributed by atoms with Gasteiger partial charge in [-0.2, -0.15) is 0 Å². The van der Waals surface area contributed by atoms with Crippen molar-refractivity contribution >= 4 is 17.2 Å². The molecule has 0 spiro atoms. The van der Waals surface area contributed by atoms with Gasteiger partial charge in [-0.25, -0.2) is 4.98 Å². The van der Waals surface area contributed by atoms with Crippen LogP contribution in [-0.2, 0) is 24.4 Å². The molecule has 0 radical (unpaired) electrons. The maximum Gasteiger partial charge on any atom is 0.261 e. The molecule has 6 nitrogen and oxygen atoms in total. The maximum absolute atomic E-state index is 13.3. The van der Waals surface area contributed by atoms with Crippen LogP contribution in [0.15, 0.2) is 109 Å². The summed E-state index contributed by atoms with van der Waals surface area (Å²) < 4.78 is 13.2. The second-order valence-corrected chi connectivity index (χ2v) is 9.70. The van der Waals surface area contributed by atoms with Gasteiger partial charge in [-0.1, -0.05) is 48.5 Å². The summed E-state index contributed by atoms with van der Waals surface area (Å²) in [5.74, 6) is 1.44. The number of methoxy groups -OCH3 is 1. The largest absolute Gasteiger partial charge is 0.497 e. The smallest absolute Gasteiger partial charge is 0.261 e. The number of carbonyl (C=O) groups is 1. The zero-order valence-corrected chi connectivity index (χ0v) is 22.0. The molecule has 1 amide bonds. The molecule has 0 N–H and O–H groups in total. The third-order valence-corrected chi connectivity index (χ3v) is 7.11. The van der Waals surface area contributed by atoms with Gasteiger partial charge in [0, 0.05) is 29.4 Å². The van der Waals surface area contributed by atoms with E-state index in [1.807, 2.05) is 102 Å². The fraction of sp³-hybridized carbons (Fsp3) is 0.161. The monoisotopic (exact) mass is 523 g/mol. The number of hydrogen-bond donors (Lipinski definition) is 0. The lowest BCUT2D eigenvalue weighted by Crippen LogP contribution is -2.34. The molecule has 0 saturated carbocycles. The van der Waals surface area contributed by atoms with Crippen LogP contribution in [-0.4, -0.2) is 34.1 Å². The van der Waals surface area contributed by atoms with Crippen molar-refractivity contribution in [2.24, 2.45) is 0 Å². The average molecular weight is 524 g/mol. The lowest BCUT2D eigenvalue weighted by atomic mass is 10.2. The molecule has 0 fully saturated rings. The number of para-hydroxylation sites is 1. The molecule has 0 bridgehead atoms. The summed E-state index contributed by atoms with van der Waals surface area (Å²) in [6.45, 7) is 1.58. The number of aromatic nitrogens is 2. The molecule has 2 aromatic heterocycles. The molecule has 0 aliphatic heterocycles. The van der Waals surface area contributed by atoms with E-state index in [-0.39, 0.29) is 12.5 Å². The van der Waals surface area contributed by atoms with Crippen LogP contribution < -0.4 is 9.47 Å². The van der Waals surface area contributed by atoms with E-state index in [9.17, 15) is 4.79 Å². The summed E-state index contributed by atoms with van der Waals surface area (Å²) in [6, 6.07) is 31.5. The van der Waals surface area contributed by atoms with E-state index < -0.39 is 0 Å². The number of nitrogens with zero attached hydrogens (tertiary/aromatic N) is 3. The minimum atomic E-state index is -0.0686. The van der Waals surface area contributed by atoms with Crippen LogP contribution in [0.3, 0.4) is 0 Å². The Balaban J connectivity index is 1.30. The first-order valence-electron chi connectivity index (χ1n) is 12.4. The zero-order valence-electron chi connectivity index (χ0n) is 21.2. The van der Waals surface area contributed by atoms with Crippen molar-refractivity contribution in [1.82, 2.24) is 14.5 Å². The number of amides is 1. The van der Waals surface area contributed by atoms with E-state index >= 15 is 0 Å². The third kappa shape index (κ3) is 6.49. The first-order chi connectivity index (χ1) is 18.7. The first-order valence-corrected chi connectivity index (χ1v) is 13.3.